The minimum Gasteiger partial charge on any atom is -0.271 e. The van der Waals surface area contributed by atoms with Gasteiger partial charge in [-0.25, -0.2) is 13.1 Å². The molecular formula is C13H23N3O2S. The van der Waals surface area contributed by atoms with Gasteiger partial charge in [0.15, 0.2) is 0 Å². The van der Waals surface area contributed by atoms with Gasteiger partial charge in [-0.1, -0.05) is 6.92 Å². The Balaban J connectivity index is 2.11. The highest BCUT2D eigenvalue weighted by atomic mass is 32.2. The minimum atomic E-state index is -3.43. The summed E-state index contributed by atoms with van der Waals surface area (Å²) >= 11 is 0. The third-order valence-electron chi connectivity index (χ3n) is 3.85. The van der Waals surface area contributed by atoms with Crippen molar-refractivity contribution in [1.82, 2.24) is 14.5 Å². The predicted molar refractivity (Wildman–Crippen MR) is 74.4 cm³/mol. The van der Waals surface area contributed by atoms with Crippen LogP contribution in [0.2, 0.25) is 0 Å². The van der Waals surface area contributed by atoms with E-state index in [9.17, 15) is 8.42 Å². The molecule has 1 N–H and O–H groups in total. The Labute approximate surface area is 115 Å². The third-order valence-corrected chi connectivity index (χ3v) is 5.48. The number of nitrogens with one attached hydrogen (secondary N) is 1. The number of hydrogen-bond acceptors (Lipinski definition) is 3. The maximum Gasteiger partial charge on any atom is 0.244 e. The summed E-state index contributed by atoms with van der Waals surface area (Å²) in [6.45, 7) is 6.58. The first kappa shape index (κ1) is 14.5. The van der Waals surface area contributed by atoms with E-state index in [0.717, 1.165) is 25.7 Å². The Hall–Kier alpha value is -0.880. The Morgan fingerprint density at radius 2 is 2.00 bits per heavy atom. The van der Waals surface area contributed by atoms with Gasteiger partial charge in [0.05, 0.1) is 5.69 Å². The van der Waals surface area contributed by atoms with E-state index in [0.29, 0.717) is 23.1 Å². The molecule has 1 aliphatic carbocycles. The third kappa shape index (κ3) is 3.36. The molecule has 0 atom stereocenters. The molecule has 0 unspecified atom stereocenters. The van der Waals surface area contributed by atoms with Crippen molar-refractivity contribution in [1.29, 1.82) is 0 Å². The van der Waals surface area contributed by atoms with E-state index in [1.54, 1.807) is 17.8 Å². The van der Waals surface area contributed by atoms with E-state index < -0.39 is 10.0 Å². The number of nitrogens with zero attached hydrogens (tertiary/aromatic N) is 2. The summed E-state index contributed by atoms with van der Waals surface area (Å²) in [6, 6.07) is 0.0746. The molecule has 0 aromatic carbocycles. The van der Waals surface area contributed by atoms with Crippen LogP contribution in [0.4, 0.5) is 0 Å². The standard InChI is InChI=1S/C13H23N3O2S/c1-4-16-9-13(11(3)14-16)19(17,18)15-12-7-5-10(2)6-8-12/h9-10,12,15H,4-8H2,1-3H3. The molecule has 108 valence electrons. The summed E-state index contributed by atoms with van der Waals surface area (Å²) in [6.07, 6.45) is 5.67. The number of rotatable bonds is 4. The monoisotopic (exact) mass is 285 g/mol. The van der Waals surface area contributed by atoms with Crippen LogP contribution in [0.5, 0.6) is 0 Å². The molecule has 2 rings (SSSR count). The zero-order valence-electron chi connectivity index (χ0n) is 11.9. The lowest BCUT2D eigenvalue weighted by molar-refractivity contribution is 0.332. The lowest BCUT2D eigenvalue weighted by Gasteiger charge is -2.26. The maximum atomic E-state index is 12.4. The van der Waals surface area contributed by atoms with Gasteiger partial charge in [0.25, 0.3) is 0 Å². The highest BCUT2D eigenvalue weighted by Gasteiger charge is 2.26. The zero-order chi connectivity index (χ0) is 14.0. The van der Waals surface area contributed by atoms with Crippen LogP contribution in [-0.4, -0.2) is 24.2 Å². The molecule has 19 heavy (non-hydrogen) atoms. The molecule has 0 aliphatic heterocycles. The molecule has 0 saturated heterocycles. The van der Waals surface area contributed by atoms with Crippen molar-refractivity contribution in [2.24, 2.45) is 5.92 Å². The van der Waals surface area contributed by atoms with Crippen molar-refractivity contribution in [3.63, 3.8) is 0 Å². The number of hydrogen-bond donors (Lipinski definition) is 1. The second-order valence-corrected chi connectivity index (χ2v) is 7.19. The Bertz CT molecular complexity index is 528. The number of sulfonamides is 1. The molecule has 1 fully saturated rings. The van der Waals surface area contributed by atoms with Crippen LogP contribution in [0.25, 0.3) is 0 Å². The van der Waals surface area contributed by atoms with Gasteiger partial charge < -0.3 is 0 Å². The van der Waals surface area contributed by atoms with Crippen LogP contribution >= 0.6 is 0 Å². The van der Waals surface area contributed by atoms with Crippen molar-refractivity contribution in [3.8, 4) is 0 Å². The van der Waals surface area contributed by atoms with Crippen molar-refractivity contribution < 1.29 is 8.42 Å². The summed E-state index contributed by atoms with van der Waals surface area (Å²) in [5, 5.41) is 4.20. The van der Waals surface area contributed by atoms with Crippen LogP contribution in [0.3, 0.4) is 0 Å². The van der Waals surface area contributed by atoms with E-state index in [4.69, 9.17) is 0 Å². The fraction of sp³-hybridized carbons (Fsp3) is 0.769. The van der Waals surface area contributed by atoms with E-state index in [1.165, 1.54) is 0 Å². The lowest BCUT2D eigenvalue weighted by Crippen LogP contribution is -2.37. The van der Waals surface area contributed by atoms with Gasteiger partial charge in [-0.2, -0.15) is 5.10 Å². The summed E-state index contributed by atoms with van der Waals surface area (Å²) in [4.78, 5) is 0.313. The maximum absolute atomic E-state index is 12.4. The van der Waals surface area contributed by atoms with Crippen molar-refractivity contribution in [3.05, 3.63) is 11.9 Å². The Morgan fingerprint density at radius 1 is 1.37 bits per heavy atom. The molecule has 1 saturated carbocycles. The molecule has 0 bridgehead atoms. The molecule has 1 aromatic heterocycles. The highest BCUT2D eigenvalue weighted by molar-refractivity contribution is 7.89. The molecule has 1 heterocycles. The van der Waals surface area contributed by atoms with Gasteiger partial charge in [-0.3, -0.25) is 4.68 Å². The fourth-order valence-corrected chi connectivity index (χ4v) is 4.08. The predicted octanol–water partition coefficient (Wildman–Crippen LogP) is 2.07. The summed E-state index contributed by atoms with van der Waals surface area (Å²) in [7, 11) is -3.43. The van der Waals surface area contributed by atoms with Gasteiger partial charge >= 0.3 is 0 Å². The van der Waals surface area contributed by atoms with E-state index >= 15 is 0 Å². The quantitative estimate of drug-likeness (QED) is 0.921. The molecule has 0 amide bonds. The Morgan fingerprint density at radius 3 is 2.53 bits per heavy atom. The summed E-state index contributed by atoms with van der Waals surface area (Å²) in [5.74, 6) is 0.713. The molecular weight excluding hydrogens is 262 g/mol. The first-order valence-corrected chi connectivity index (χ1v) is 8.47. The molecule has 6 heteroatoms. The van der Waals surface area contributed by atoms with Gasteiger partial charge in [0, 0.05) is 18.8 Å². The normalized spacial score (nSPS) is 24.6. The number of aromatic nitrogens is 2. The van der Waals surface area contributed by atoms with Crippen LogP contribution in [0.1, 0.15) is 45.2 Å². The molecule has 0 spiro atoms. The highest BCUT2D eigenvalue weighted by Crippen LogP contribution is 2.25. The molecule has 5 nitrogen and oxygen atoms in total. The second-order valence-electron chi connectivity index (χ2n) is 5.51. The fourth-order valence-electron chi connectivity index (χ4n) is 2.59. The zero-order valence-corrected chi connectivity index (χ0v) is 12.7. The number of aryl methyl sites for hydroxylation is 2. The van der Waals surface area contributed by atoms with Gasteiger partial charge in [-0.15, -0.1) is 0 Å². The van der Waals surface area contributed by atoms with Crippen LogP contribution in [0.15, 0.2) is 11.1 Å². The first-order chi connectivity index (χ1) is 8.92. The molecule has 1 aliphatic rings. The van der Waals surface area contributed by atoms with E-state index in [1.807, 2.05) is 6.92 Å². The largest absolute Gasteiger partial charge is 0.271 e. The smallest absolute Gasteiger partial charge is 0.244 e. The van der Waals surface area contributed by atoms with Crippen LogP contribution in [-0.2, 0) is 16.6 Å². The lowest BCUT2D eigenvalue weighted by atomic mass is 9.88. The summed E-state index contributed by atoms with van der Waals surface area (Å²) < 4.78 is 29.2. The van der Waals surface area contributed by atoms with Gasteiger partial charge in [0.2, 0.25) is 10.0 Å². The first-order valence-electron chi connectivity index (χ1n) is 6.98. The SMILES string of the molecule is CCn1cc(S(=O)(=O)NC2CCC(C)CC2)c(C)n1. The van der Waals surface area contributed by atoms with Crippen LogP contribution in [0, 0.1) is 12.8 Å². The van der Waals surface area contributed by atoms with E-state index in [-0.39, 0.29) is 6.04 Å². The van der Waals surface area contributed by atoms with Crippen molar-refractivity contribution in [2.45, 2.75) is 63.9 Å². The topological polar surface area (TPSA) is 64.0 Å². The van der Waals surface area contributed by atoms with E-state index in [2.05, 4.69) is 16.7 Å². The second kappa shape index (κ2) is 5.63. The van der Waals surface area contributed by atoms with Crippen LogP contribution < -0.4 is 4.72 Å². The average molecular weight is 285 g/mol. The average Bonchev–Trinajstić information content (AvgIpc) is 2.74. The van der Waals surface area contributed by atoms with Gasteiger partial charge in [-0.05, 0) is 45.4 Å². The molecule has 0 radical (unpaired) electrons. The van der Waals surface area contributed by atoms with Crippen molar-refractivity contribution >= 4 is 10.0 Å². The van der Waals surface area contributed by atoms with Gasteiger partial charge in [0.1, 0.15) is 4.90 Å². The summed E-state index contributed by atoms with van der Waals surface area (Å²) in [5.41, 5.74) is 0.568. The van der Waals surface area contributed by atoms with Crippen molar-refractivity contribution in [2.75, 3.05) is 0 Å². The molecule has 1 aromatic rings. The Kier molecular flexibility index (Phi) is 4.30. The minimum absolute atomic E-state index is 0.0746.